The molecule has 0 aliphatic carbocycles. The number of halogens is 4. The molecule has 0 radical (unpaired) electrons. The Labute approximate surface area is 140 Å². The summed E-state index contributed by atoms with van der Waals surface area (Å²) in [6.07, 6.45) is 0. The Morgan fingerprint density at radius 3 is 2.48 bits per heavy atom. The van der Waals surface area contributed by atoms with Gasteiger partial charge in [-0.05, 0) is 29.8 Å². The maximum atomic E-state index is 13.1. The molecule has 0 aromatic heterocycles. The summed E-state index contributed by atoms with van der Waals surface area (Å²) in [7, 11) is 0. The lowest BCUT2D eigenvalue weighted by molar-refractivity contribution is 0.509. The second kappa shape index (κ2) is 7.40. The second-order valence-electron chi connectivity index (χ2n) is 4.08. The maximum absolute atomic E-state index is 13.1. The van der Waals surface area contributed by atoms with Crippen LogP contribution in [0.4, 0.5) is 14.5 Å². The summed E-state index contributed by atoms with van der Waals surface area (Å²) in [5, 5.41) is 3.81. The second-order valence-corrected chi connectivity index (χ2v) is 6.55. The summed E-state index contributed by atoms with van der Waals surface area (Å²) < 4.78 is 26.3. The van der Waals surface area contributed by atoms with Gasteiger partial charge in [-0.15, -0.1) is 0 Å². The standard InChI is InChI=1S/C14H9Cl2F2NS2/c15-10-3-1-8(5-11(10)16)7-21-14(20)19-9-2-4-12(17)13(18)6-9/h1-6H,7H2,(H,19,20). The van der Waals surface area contributed by atoms with Crippen LogP contribution >= 0.6 is 47.2 Å². The average molecular weight is 364 g/mol. The topological polar surface area (TPSA) is 12.0 Å². The molecule has 0 heterocycles. The van der Waals surface area contributed by atoms with Crippen LogP contribution in [-0.2, 0) is 5.75 Å². The molecule has 0 fully saturated rings. The van der Waals surface area contributed by atoms with E-state index in [-0.39, 0.29) is 0 Å². The molecule has 0 unspecified atom stereocenters. The van der Waals surface area contributed by atoms with Gasteiger partial charge in [0.15, 0.2) is 11.6 Å². The first kappa shape index (κ1) is 16.5. The van der Waals surface area contributed by atoms with Gasteiger partial charge in [0.05, 0.1) is 10.0 Å². The van der Waals surface area contributed by atoms with Crippen LogP contribution in [0, 0.1) is 11.6 Å². The van der Waals surface area contributed by atoms with E-state index in [0.717, 1.165) is 17.7 Å². The van der Waals surface area contributed by atoms with Crippen molar-refractivity contribution in [2.24, 2.45) is 0 Å². The smallest absolute Gasteiger partial charge is 0.160 e. The van der Waals surface area contributed by atoms with E-state index in [1.807, 2.05) is 6.07 Å². The fraction of sp³-hybridized carbons (Fsp3) is 0.0714. The number of anilines is 1. The van der Waals surface area contributed by atoms with Gasteiger partial charge in [-0.25, -0.2) is 8.78 Å². The van der Waals surface area contributed by atoms with Crippen LogP contribution in [0.1, 0.15) is 5.56 Å². The molecular weight excluding hydrogens is 355 g/mol. The molecule has 2 aromatic carbocycles. The number of hydrogen-bond donors (Lipinski definition) is 1. The minimum atomic E-state index is -0.919. The van der Waals surface area contributed by atoms with Crippen LogP contribution in [0.5, 0.6) is 0 Å². The van der Waals surface area contributed by atoms with E-state index in [9.17, 15) is 8.78 Å². The first-order valence-corrected chi connectivity index (χ1v) is 7.93. The average Bonchev–Trinajstić information content (AvgIpc) is 2.44. The lowest BCUT2D eigenvalue weighted by atomic mass is 10.2. The van der Waals surface area contributed by atoms with E-state index in [4.69, 9.17) is 35.4 Å². The highest BCUT2D eigenvalue weighted by molar-refractivity contribution is 8.22. The van der Waals surface area contributed by atoms with Crippen LogP contribution in [0.2, 0.25) is 10.0 Å². The molecule has 2 rings (SSSR count). The predicted octanol–water partition coefficient (Wildman–Crippen LogP) is 5.90. The quantitative estimate of drug-likeness (QED) is 0.681. The van der Waals surface area contributed by atoms with Crippen molar-refractivity contribution in [3.05, 3.63) is 63.6 Å². The summed E-state index contributed by atoms with van der Waals surface area (Å²) in [5.41, 5.74) is 1.37. The van der Waals surface area contributed by atoms with Gasteiger partial charge in [-0.2, -0.15) is 0 Å². The first-order valence-electron chi connectivity index (χ1n) is 5.78. The molecule has 0 bridgehead atoms. The van der Waals surface area contributed by atoms with Crippen LogP contribution < -0.4 is 5.32 Å². The molecule has 7 heteroatoms. The number of thioether (sulfide) groups is 1. The number of rotatable bonds is 3. The Balaban J connectivity index is 1.92. The maximum Gasteiger partial charge on any atom is 0.160 e. The molecule has 1 N–H and O–H groups in total. The van der Waals surface area contributed by atoms with E-state index >= 15 is 0 Å². The van der Waals surface area contributed by atoms with Crippen LogP contribution in [0.3, 0.4) is 0 Å². The highest BCUT2D eigenvalue weighted by Crippen LogP contribution is 2.25. The Morgan fingerprint density at radius 2 is 1.81 bits per heavy atom. The molecule has 0 saturated carbocycles. The highest BCUT2D eigenvalue weighted by Gasteiger charge is 2.06. The van der Waals surface area contributed by atoms with Crippen molar-refractivity contribution in [3.63, 3.8) is 0 Å². The Kier molecular flexibility index (Phi) is 5.81. The third-order valence-corrected chi connectivity index (χ3v) is 4.56. The van der Waals surface area contributed by atoms with E-state index < -0.39 is 11.6 Å². The van der Waals surface area contributed by atoms with Crippen molar-refractivity contribution in [3.8, 4) is 0 Å². The molecule has 0 atom stereocenters. The summed E-state index contributed by atoms with van der Waals surface area (Å²) in [6, 6.07) is 8.85. The van der Waals surface area contributed by atoms with Crippen molar-refractivity contribution in [1.29, 1.82) is 0 Å². The SMILES string of the molecule is Fc1ccc(NC(=S)SCc2ccc(Cl)c(Cl)c2)cc1F. The first-order chi connectivity index (χ1) is 9.95. The largest absolute Gasteiger partial charge is 0.341 e. The van der Waals surface area contributed by atoms with E-state index in [1.165, 1.54) is 17.8 Å². The monoisotopic (exact) mass is 363 g/mol. The normalized spacial score (nSPS) is 10.5. The van der Waals surface area contributed by atoms with E-state index in [2.05, 4.69) is 5.32 Å². The summed E-state index contributed by atoms with van der Waals surface area (Å²) in [6.45, 7) is 0. The van der Waals surface area contributed by atoms with Gasteiger partial charge in [0, 0.05) is 17.5 Å². The molecule has 0 spiro atoms. The third kappa shape index (κ3) is 4.81. The van der Waals surface area contributed by atoms with E-state index in [0.29, 0.717) is 25.8 Å². The van der Waals surface area contributed by atoms with Gasteiger partial charge in [0.1, 0.15) is 4.32 Å². The molecule has 0 saturated heterocycles. The third-order valence-electron chi connectivity index (χ3n) is 2.52. The molecular formula is C14H9Cl2F2NS2. The van der Waals surface area contributed by atoms with Gasteiger partial charge in [-0.1, -0.05) is 53.2 Å². The molecule has 0 aliphatic heterocycles. The minimum Gasteiger partial charge on any atom is -0.341 e. The Hall–Kier alpha value is -0.880. The van der Waals surface area contributed by atoms with Gasteiger partial charge >= 0.3 is 0 Å². The van der Waals surface area contributed by atoms with Crippen LogP contribution in [0.15, 0.2) is 36.4 Å². The summed E-state index contributed by atoms with van der Waals surface area (Å²) in [4.78, 5) is 0. The Morgan fingerprint density at radius 1 is 1.05 bits per heavy atom. The van der Waals surface area contributed by atoms with Gasteiger partial charge < -0.3 is 5.32 Å². The van der Waals surface area contributed by atoms with Crippen molar-refractivity contribution >= 4 is 57.2 Å². The Bertz CT molecular complexity index is 680. The van der Waals surface area contributed by atoms with Crippen LogP contribution in [0.25, 0.3) is 0 Å². The van der Waals surface area contributed by atoms with Crippen molar-refractivity contribution in [1.82, 2.24) is 0 Å². The fourth-order valence-electron chi connectivity index (χ4n) is 1.51. The molecule has 110 valence electrons. The molecule has 2 aromatic rings. The van der Waals surface area contributed by atoms with Gasteiger partial charge in [0.2, 0.25) is 0 Å². The summed E-state index contributed by atoms with van der Waals surface area (Å²) in [5.74, 6) is -1.22. The van der Waals surface area contributed by atoms with E-state index in [1.54, 1.807) is 12.1 Å². The fourth-order valence-corrected chi connectivity index (χ4v) is 2.79. The zero-order valence-corrected chi connectivity index (χ0v) is 13.6. The molecule has 0 amide bonds. The number of benzene rings is 2. The lowest BCUT2D eigenvalue weighted by Gasteiger charge is -2.08. The molecule has 0 aliphatic rings. The van der Waals surface area contributed by atoms with Crippen molar-refractivity contribution in [2.75, 3.05) is 5.32 Å². The van der Waals surface area contributed by atoms with Gasteiger partial charge in [-0.3, -0.25) is 0 Å². The predicted molar refractivity (Wildman–Crippen MR) is 90.3 cm³/mol. The number of thiocarbonyl (C=S) groups is 1. The van der Waals surface area contributed by atoms with Crippen molar-refractivity contribution in [2.45, 2.75) is 5.75 Å². The zero-order valence-electron chi connectivity index (χ0n) is 10.5. The van der Waals surface area contributed by atoms with Gasteiger partial charge in [0.25, 0.3) is 0 Å². The molecule has 21 heavy (non-hydrogen) atoms. The summed E-state index contributed by atoms with van der Waals surface area (Å²) >= 11 is 18.3. The zero-order chi connectivity index (χ0) is 15.4. The molecule has 1 nitrogen and oxygen atoms in total. The minimum absolute atomic E-state index is 0.403. The number of nitrogens with one attached hydrogen (secondary N) is 1. The van der Waals surface area contributed by atoms with Crippen molar-refractivity contribution < 1.29 is 8.78 Å². The number of hydrogen-bond acceptors (Lipinski definition) is 2. The highest BCUT2D eigenvalue weighted by atomic mass is 35.5. The van der Waals surface area contributed by atoms with Crippen LogP contribution in [-0.4, -0.2) is 4.32 Å². The lowest BCUT2D eigenvalue weighted by Crippen LogP contribution is -2.05.